The SMILES string of the molecule is O=C(Nc1cc(-c2cccc([N+](=O)[O-])c2)[nH]n1)c1cccc(-n2cccn2)n1. The molecule has 0 saturated heterocycles. The van der Waals surface area contributed by atoms with Crippen LogP contribution in [-0.2, 0) is 0 Å². The van der Waals surface area contributed by atoms with Crippen LogP contribution in [0.5, 0.6) is 0 Å². The lowest BCUT2D eigenvalue weighted by molar-refractivity contribution is -0.384. The van der Waals surface area contributed by atoms with Gasteiger partial charge in [0.05, 0.1) is 10.6 Å². The number of rotatable bonds is 5. The predicted octanol–water partition coefficient (Wildman–Crippen LogP) is 2.82. The fraction of sp³-hybridized carbons (Fsp3) is 0. The monoisotopic (exact) mass is 375 g/mol. The largest absolute Gasteiger partial charge is 0.304 e. The van der Waals surface area contributed by atoms with Crippen LogP contribution in [0.3, 0.4) is 0 Å². The number of hydrogen-bond donors (Lipinski definition) is 2. The van der Waals surface area contributed by atoms with Gasteiger partial charge in [-0.2, -0.15) is 10.2 Å². The summed E-state index contributed by atoms with van der Waals surface area (Å²) in [5.41, 5.74) is 1.29. The third-order valence-corrected chi connectivity index (χ3v) is 3.89. The zero-order valence-electron chi connectivity index (χ0n) is 14.3. The summed E-state index contributed by atoms with van der Waals surface area (Å²) in [4.78, 5) is 27.2. The van der Waals surface area contributed by atoms with Gasteiger partial charge in [-0.15, -0.1) is 0 Å². The Hall–Kier alpha value is -4.34. The Morgan fingerprint density at radius 2 is 2.00 bits per heavy atom. The van der Waals surface area contributed by atoms with Crippen molar-refractivity contribution in [3.63, 3.8) is 0 Å². The number of hydrogen-bond acceptors (Lipinski definition) is 6. The Balaban J connectivity index is 1.53. The van der Waals surface area contributed by atoms with Gasteiger partial charge in [0.2, 0.25) is 0 Å². The summed E-state index contributed by atoms with van der Waals surface area (Å²) >= 11 is 0. The summed E-state index contributed by atoms with van der Waals surface area (Å²) in [5.74, 6) is 0.348. The van der Waals surface area contributed by atoms with Crippen LogP contribution in [0.2, 0.25) is 0 Å². The van der Waals surface area contributed by atoms with Gasteiger partial charge >= 0.3 is 0 Å². The molecule has 0 unspecified atom stereocenters. The molecule has 138 valence electrons. The lowest BCUT2D eigenvalue weighted by atomic mass is 10.1. The number of aromatic amines is 1. The summed E-state index contributed by atoms with van der Waals surface area (Å²) in [7, 11) is 0. The Bertz CT molecular complexity index is 1150. The van der Waals surface area contributed by atoms with E-state index in [0.717, 1.165) is 0 Å². The van der Waals surface area contributed by atoms with Gasteiger partial charge in [0, 0.05) is 36.2 Å². The zero-order valence-corrected chi connectivity index (χ0v) is 14.3. The van der Waals surface area contributed by atoms with E-state index in [1.807, 2.05) is 0 Å². The normalized spacial score (nSPS) is 10.6. The molecule has 4 aromatic rings. The number of amides is 1. The van der Waals surface area contributed by atoms with Crippen molar-refractivity contribution in [2.75, 3.05) is 5.32 Å². The number of nitro benzene ring substituents is 1. The van der Waals surface area contributed by atoms with E-state index in [1.54, 1.807) is 59.5 Å². The number of non-ortho nitro benzene ring substituents is 1. The molecular weight excluding hydrogens is 362 g/mol. The third kappa shape index (κ3) is 3.46. The minimum absolute atomic E-state index is 0.0303. The lowest BCUT2D eigenvalue weighted by Crippen LogP contribution is -2.15. The molecule has 0 atom stereocenters. The van der Waals surface area contributed by atoms with E-state index in [4.69, 9.17) is 0 Å². The molecule has 0 spiro atoms. The molecule has 2 N–H and O–H groups in total. The molecule has 0 saturated carbocycles. The summed E-state index contributed by atoms with van der Waals surface area (Å²) in [6.07, 6.45) is 3.34. The maximum absolute atomic E-state index is 12.5. The number of nitro groups is 1. The van der Waals surface area contributed by atoms with E-state index < -0.39 is 10.8 Å². The summed E-state index contributed by atoms with van der Waals surface area (Å²) in [6.45, 7) is 0. The first-order valence-electron chi connectivity index (χ1n) is 8.19. The van der Waals surface area contributed by atoms with Gasteiger partial charge in [-0.3, -0.25) is 20.0 Å². The van der Waals surface area contributed by atoms with Crippen LogP contribution in [0.15, 0.2) is 67.0 Å². The van der Waals surface area contributed by atoms with Gasteiger partial charge in [0.1, 0.15) is 5.69 Å². The molecule has 4 rings (SSSR count). The zero-order chi connectivity index (χ0) is 19.5. The van der Waals surface area contributed by atoms with Crippen LogP contribution in [0.4, 0.5) is 11.5 Å². The number of carbonyl (C=O) groups is 1. The van der Waals surface area contributed by atoms with Gasteiger partial charge in [0.15, 0.2) is 11.6 Å². The molecule has 0 fully saturated rings. The highest BCUT2D eigenvalue weighted by molar-refractivity contribution is 6.02. The van der Waals surface area contributed by atoms with Gasteiger partial charge in [-0.25, -0.2) is 9.67 Å². The maximum atomic E-state index is 12.5. The molecule has 3 heterocycles. The highest BCUT2D eigenvalue weighted by atomic mass is 16.6. The van der Waals surface area contributed by atoms with Crippen molar-refractivity contribution in [2.24, 2.45) is 0 Å². The maximum Gasteiger partial charge on any atom is 0.275 e. The molecule has 1 aromatic carbocycles. The minimum Gasteiger partial charge on any atom is -0.304 e. The summed E-state index contributed by atoms with van der Waals surface area (Å²) in [5, 5.41) is 24.4. The number of carbonyl (C=O) groups excluding carboxylic acids is 1. The molecule has 0 radical (unpaired) electrons. The van der Waals surface area contributed by atoms with E-state index in [-0.39, 0.29) is 17.2 Å². The smallest absolute Gasteiger partial charge is 0.275 e. The van der Waals surface area contributed by atoms with E-state index in [2.05, 4.69) is 25.6 Å². The van der Waals surface area contributed by atoms with E-state index in [9.17, 15) is 14.9 Å². The second kappa shape index (κ2) is 7.11. The number of pyridine rings is 1. The molecule has 0 bridgehead atoms. The first kappa shape index (κ1) is 17.1. The fourth-order valence-corrected chi connectivity index (χ4v) is 2.58. The Morgan fingerprint density at radius 3 is 2.79 bits per heavy atom. The fourth-order valence-electron chi connectivity index (χ4n) is 2.58. The van der Waals surface area contributed by atoms with Crippen molar-refractivity contribution in [1.82, 2.24) is 25.0 Å². The Labute approximate surface area is 158 Å². The number of benzene rings is 1. The molecule has 0 aliphatic rings. The first-order chi connectivity index (χ1) is 13.6. The topological polar surface area (TPSA) is 132 Å². The quantitative estimate of drug-likeness (QED) is 0.407. The average molecular weight is 375 g/mol. The standard InChI is InChI=1S/C18H13N7O3/c26-18(14-6-2-7-17(20-14)24-9-3-8-19-24)21-16-11-15(22-23-16)12-4-1-5-13(10-12)25(27)28/h1-11H,(H2,21,22,23,26). The predicted molar refractivity (Wildman–Crippen MR) is 100.0 cm³/mol. The molecule has 1 amide bonds. The third-order valence-electron chi connectivity index (χ3n) is 3.89. The molecule has 10 nitrogen and oxygen atoms in total. The van der Waals surface area contributed by atoms with Gasteiger partial charge in [-0.1, -0.05) is 18.2 Å². The molecule has 28 heavy (non-hydrogen) atoms. The average Bonchev–Trinajstić information content (AvgIpc) is 3.40. The number of anilines is 1. The van der Waals surface area contributed by atoms with Crippen LogP contribution in [0.25, 0.3) is 17.1 Å². The van der Waals surface area contributed by atoms with Crippen LogP contribution in [0.1, 0.15) is 10.5 Å². The van der Waals surface area contributed by atoms with Gasteiger partial charge in [0.25, 0.3) is 11.6 Å². The molecule has 3 aromatic heterocycles. The summed E-state index contributed by atoms with van der Waals surface area (Å²) < 4.78 is 1.55. The van der Waals surface area contributed by atoms with E-state index in [0.29, 0.717) is 17.1 Å². The van der Waals surface area contributed by atoms with Crippen LogP contribution < -0.4 is 5.32 Å². The van der Waals surface area contributed by atoms with Crippen molar-refractivity contribution in [3.8, 4) is 17.1 Å². The number of nitrogens with one attached hydrogen (secondary N) is 2. The second-order valence-corrected chi connectivity index (χ2v) is 5.76. The lowest BCUT2D eigenvalue weighted by Gasteiger charge is -2.04. The number of nitrogens with zero attached hydrogens (tertiary/aromatic N) is 5. The van der Waals surface area contributed by atoms with Crippen LogP contribution >= 0.6 is 0 Å². The molecule has 0 aliphatic heterocycles. The van der Waals surface area contributed by atoms with E-state index >= 15 is 0 Å². The number of H-pyrrole nitrogens is 1. The van der Waals surface area contributed by atoms with Crippen molar-refractivity contribution in [1.29, 1.82) is 0 Å². The molecule has 0 aliphatic carbocycles. The second-order valence-electron chi connectivity index (χ2n) is 5.76. The van der Waals surface area contributed by atoms with Gasteiger partial charge < -0.3 is 5.32 Å². The highest BCUT2D eigenvalue weighted by Crippen LogP contribution is 2.24. The molecular formula is C18H13N7O3. The van der Waals surface area contributed by atoms with Crippen molar-refractivity contribution >= 4 is 17.4 Å². The van der Waals surface area contributed by atoms with Crippen molar-refractivity contribution < 1.29 is 9.72 Å². The van der Waals surface area contributed by atoms with Crippen molar-refractivity contribution in [3.05, 3.63) is 82.8 Å². The van der Waals surface area contributed by atoms with Gasteiger partial charge in [-0.05, 0) is 18.2 Å². The Kier molecular flexibility index (Phi) is 4.34. The number of aromatic nitrogens is 5. The van der Waals surface area contributed by atoms with Crippen LogP contribution in [-0.4, -0.2) is 35.8 Å². The molecule has 10 heteroatoms. The first-order valence-corrected chi connectivity index (χ1v) is 8.19. The highest BCUT2D eigenvalue weighted by Gasteiger charge is 2.13. The minimum atomic E-state index is -0.471. The van der Waals surface area contributed by atoms with E-state index in [1.165, 1.54) is 12.1 Å². The van der Waals surface area contributed by atoms with Crippen LogP contribution in [0, 0.1) is 10.1 Å². The van der Waals surface area contributed by atoms with Crippen molar-refractivity contribution in [2.45, 2.75) is 0 Å². The Morgan fingerprint density at radius 1 is 1.14 bits per heavy atom. The summed E-state index contributed by atoms with van der Waals surface area (Å²) in [6, 6.07) is 14.5.